The zero-order chi connectivity index (χ0) is 17.8. The first-order valence-corrected chi connectivity index (χ1v) is 10.9. The zero-order valence-corrected chi connectivity index (χ0v) is 16.1. The normalized spacial score (nSPS) is 17.6. The summed E-state index contributed by atoms with van der Waals surface area (Å²) in [6.07, 6.45) is 9.37. The molecule has 1 aromatic carbocycles. The van der Waals surface area contributed by atoms with Crippen molar-refractivity contribution in [2.45, 2.75) is 56.5 Å². The molecule has 0 radical (unpaired) electrons. The van der Waals surface area contributed by atoms with Gasteiger partial charge in [-0.05, 0) is 50.7 Å². The molecule has 1 fully saturated rings. The molecule has 1 aromatic heterocycles. The van der Waals surface area contributed by atoms with E-state index in [0.717, 1.165) is 49.6 Å². The Hall–Kier alpha value is -1.75. The molecule has 4 rings (SSSR count). The van der Waals surface area contributed by atoms with E-state index in [1.54, 1.807) is 11.8 Å². The fourth-order valence-corrected chi connectivity index (χ4v) is 4.95. The Labute approximate surface area is 160 Å². The average Bonchev–Trinajstić information content (AvgIpc) is 2.85. The molecule has 0 spiro atoms. The number of hydrogen-bond donors (Lipinski definition) is 0. The van der Waals surface area contributed by atoms with Crippen LogP contribution in [-0.2, 0) is 17.6 Å². The number of nitrogens with zero attached hydrogens (tertiary/aromatic N) is 3. The third-order valence-electron chi connectivity index (χ3n) is 5.40. The molecule has 1 saturated heterocycles. The van der Waals surface area contributed by atoms with Crippen LogP contribution in [0.25, 0.3) is 5.69 Å². The Morgan fingerprint density at radius 1 is 0.962 bits per heavy atom. The lowest BCUT2D eigenvalue weighted by Gasteiger charge is -2.20. The third kappa shape index (κ3) is 3.83. The van der Waals surface area contributed by atoms with E-state index in [1.165, 1.54) is 37.1 Å². The highest BCUT2D eigenvalue weighted by molar-refractivity contribution is 7.99. The minimum atomic E-state index is 0.262. The number of amides is 1. The standard InChI is InChI=1S/C21H27N3OS/c25-20(23-14-8-1-2-9-15-23)16-26-21-22-18-12-6-7-13-19(18)24(21)17-10-4-3-5-11-17/h3-5,10-11H,1-2,6-9,12-16H2. The van der Waals surface area contributed by atoms with Crippen molar-refractivity contribution in [2.24, 2.45) is 0 Å². The molecular weight excluding hydrogens is 342 g/mol. The van der Waals surface area contributed by atoms with E-state index in [1.807, 2.05) is 6.07 Å². The maximum Gasteiger partial charge on any atom is 0.233 e. The summed E-state index contributed by atoms with van der Waals surface area (Å²) in [6.45, 7) is 1.84. The van der Waals surface area contributed by atoms with Crippen molar-refractivity contribution < 1.29 is 4.79 Å². The van der Waals surface area contributed by atoms with Gasteiger partial charge in [-0.1, -0.05) is 42.8 Å². The van der Waals surface area contributed by atoms with Gasteiger partial charge in [-0.15, -0.1) is 0 Å². The fourth-order valence-electron chi connectivity index (χ4n) is 3.99. The SMILES string of the molecule is O=C(CSc1nc2c(n1-c1ccccc1)CCCC2)N1CCCCCC1. The van der Waals surface area contributed by atoms with Crippen molar-refractivity contribution in [2.75, 3.05) is 18.8 Å². The predicted octanol–water partition coefficient (Wildman–Crippen LogP) is 4.25. The minimum absolute atomic E-state index is 0.262. The van der Waals surface area contributed by atoms with E-state index in [2.05, 4.69) is 33.7 Å². The summed E-state index contributed by atoms with van der Waals surface area (Å²) in [4.78, 5) is 19.7. The van der Waals surface area contributed by atoms with Gasteiger partial charge >= 0.3 is 0 Å². The lowest BCUT2D eigenvalue weighted by Crippen LogP contribution is -2.33. The van der Waals surface area contributed by atoms with Crippen molar-refractivity contribution in [3.05, 3.63) is 41.7 Å². The van der Waals surface area contributed by atoms with Crippen molar-refractivity contribution >= 4 is 17.7 Å². The summed E-state index contributed by atoms with van der Waals surface area (Å²) < 4.78 is 2.29. The van der Waals surface area contributed by atoms with Gasteiger partial charge in [-0.3, -0.25) is 9.36 Å². The van der Waals surface area contributed by atoms with Gasteiger partial charge in [0.2, 0.25) is 5.91 Å². The molecule has 0 unspecified atom stereocenters. The van der Waals surface area contributed by atoms with Gasteiger partial charge in [0.05, 0.1) is 11.4 Å². The minimum Gasteiger partial charge on any atom is -0.342 e. The smallest absolute Gasteiger partial charge is 0.233 e. The number of benzene rings is 1. The largest absolute Gasteiger partial charge is 0.342 e. The number of aromatic nitrogens is 2. The third-order valence-corrected chi connectivity index (χ3v) is 6.32. The van der Waals surface area contributed by atoms with Crippen molar-refractivity contribution in [1.29, 1.82) is 0 Å². The van der Waals surface area contributed by atoms with Gasteiger partial charge in [-0.25, -0.2) is 4.98 Å². The molecule has 2 aliphatic rings. The van der Waals surface area contributed by atoms with Gasteiger partial charge in [0.25, 0.3) is 0 Å². The lowest BCUT2D eigenvalue weighted by atomic mass is 10.0. The van der Waals surface area contributed by atoms with Gasteiger partial charge in [-0.2, -0.15) is 0 Å². The summed E-state index contributed by atoms with van der Waals surface area (Å²) in [5.41, 5.74) is 3.73. The van der Waals surface area contributed by atoms with Crippen LogP contribution in [-0.4, -0.2) is 39.2 Å². The molecular formula is C21H27N3OS. The van der Waals surface area contributed by atoms with E-state index < -0.39 is 0 Å². The van der Waals surface area contributed by atoms with Crippen LogP contribution in [0.1, 0.15) is 49.9 Å². The maximum atomic E-state index is 12.7. The van der Waals surface area contributed by atoms with E-state index in [-0.39, 0.29) is 5.91 Å². The van der Waals surface area contributed by atoms with Crippen molar-refractivity contribution in [3.63, 3.8) is 0 Å². The van der Waals surface area contributed by atoms with Crippen molar-refractivity contribution in [3.8, 4) is 5.69 Å². The van der Waals surface area contributed by atoms with Crippen LogP contribution in [0.2, 0.25) is 0 Å². The molecule has 1 aliphatic carbocycles. The number of carbonyl (C=O) groups excluding carboxylic acids is 1. The van der Waals surface area contributed by atoms with Crippen LogP contribution < -0.4 is 0 Å². The Kier molecular flexibility index (Phi) is 5.63. The number of carbonyl (C=O) groups is 1. The molecule has 0 N–H and O–H groups in total. The predicted molar refractivity (Wildman–Crippen MR) is 106 cm³/mol. The fraction of sp³-hybridized carbons (Fsp3) is 0.524. The summed E-state index contributed by atoms with van der Waals surface area (Å²) in [7, 11) is 0. The average molecular weight is 370 g/mol. The molecule has 0 saturated carbocycles. The van der Waals surface area contributed by atoms with Crippen molar-refractivity contribution in [1.82, 2.24) is 14.5 Å². The van der Waals surface area contributed by atoms with Crippen LogP contribution in [0.15, 0.2) is 35.5 Å². The van der Waals surface area contributed by atoms with Gasteiger partial charge in [0.1, 0.15) is 0 Å². The van der Waals surface area contributed by atoms with Crippen LogP contribution in [0.4, 0.5) is 0 Å². The Bertz CT molecular complexity index is 748. The molecule has 5 heteroatoms. The number of hydrogen-bond acceptors (Lipinski definition) is 3. The van der Waals surface area contributed by atoms with Crippen LogP contribution in [0.3, 0.4) is 0 Å². The highest BCUT2D eigenvalue weighted by Crippen LogP contribution is 2.30. The number of likely N-dealkylation sites (tertiary alicyclic amines) is 1. The number of para-hydroxylation sites is 1. The number of fused-ring (bicyclic) bond motifs is 1. The number of aryl methyl sites for hydroxylation is 1. The van der Waals surface area contributed by atoms with E-state index in [0.29, 0.717) is 5.75 Å². The Balaban J connectivity index is 1.54. The van der Waals surface area contributed by atoms with E-state index in [4.69, 9.17) is 4.98 Å². The van der Waals surface area contributed by atoms with Gasteiger partial charge in [0.15, 0.2) is 5.16 Å². The van der Waals surface area contributed by atoms with Crippen LogP contribution >= 0.6 is 11.8 Å². The molecule has 1 amide bonds. The topological polar surface area (TPSA) is 38.1 Å². The second-order valence-corrected chi connectivity index (χ2v) is 8.19. The zero-order valence-electron chi connectivity index (χ0n) is 15.3. The lowest BCUT2D eigenvalue weighted by molar-refractivity contribution is -0.128. The quantitative estimate of drug-likeness (QED) is 0.757. The first-order chi connectivity index (χ1) is 12.8. The summed E-state index contributed by atoms with van der Waals surface area (Å²) in [5, 5.41) is 0.978. The summed E-state index contributed by atoms with van der Waals surface area (Å²) >= 11 is 1.60. The molecule has 0 atom stereocenters. The maximum absolute atomic E-state index is 12.7. The first kappa shape index (κ1) is 17.7. The summed E-state index contributed by atoms with van der Waals surface area (Å²) in [6, 6.07) is 10.5. The second kappa shape index (κ2) is 8.30. The second-order valence-electron chi connectivity index (χ2n) is 7.25. The highest BCUT2D eigenvalue weighted by Gasteiger charge is 2.23. The monoisotopic (exact) mass is 369 g/mol. The summed E-state index contributed by atoms with van der Waals surface area (Å²) in [5.74, 6) is 0.750. The molecule has 2 heterocycles. The first-order valence-electron chi connectivity index (χ1n) is 9.89. The Morgan fingerprint density at radius 2 is 1.69 bits per heavy atom. The van der Waals surface area contributed by atoms with Gasteiger partial charge < -0.3 is 4.90 Å². The van der Waals surface area contributed by atoms with Crippen LogP contribution in [0.5, 0.6) is 0 Å². The highest BCUT2D eigenvalue weighted by atomic mass is 32.2. The number of rotatable bonds is 4. The van der Waals surface area contributed by atoms with Crippen LogP contribution in [0, 0.1) is 0 Å². The van der Waals surface area contributed by atoms with Gasteiger partial charge in [0, 0.05) is 24.5 Å². The van der Waals surface area contributed by atoms with E-state index >= 15 is 0 Å². The molecule has 0 bridgehead atoms. The molecule has 2 aromatic rings. The molecule has 1 aliphatic heterocycles. The molecule has 4 nitrogen and oxygen atoms in total. The number of thioether (sulfide) groups is 1. The number of imidazole rings is 1. The molecule has 26 heavy (non-hydrogen) atoms. The molecule has 138 valence electrons. The Morgan fingerprint density at radius 3 is 2.46 bits per heavy atom. The van der Waals surface area contributed by atoms with E-state index in [9.17, 15) is 4.79 Å².